The highest BCUT2D eigenvalue weighted by atomic mass is 16.5. The highest BCUT2D eigenvalue weighted by molar-refractivity contribution is 5.76. The van der Waals surface area contributed by atoms with E-state index in [0.29, 0.717) is 19.4 Å². The molecule has 3 N–H and O–H groups in total. The molecule has 0 saturated heterocycles. The average Bonchev–Trinajstić information content (AvgIpc) is 3.39. The number of nitrogens with one attached hydrogen (secondary N) is 1. The summed E-state index contributed by atoms with van der Waals surface area (Å²) in [5.74, 6) is -0.0583. The van der Waals surface area contributed by atoms with E-state index in [1.54, 1.807) is 6.08 Å². The summed E-state index contributed by atoms with van der Waals surface area (Å²) in [4.78, 5) is 24.5. The van der Waals surface area contributed by atoms with Crippen LogP contribution in [0.25, 0.3) is 0 Å². The van der Waals surface area contributed by atoms with Gasteiger partial charge in [0.2, 0.25) is 5.91 Å². The van der Waals surface area contributed by atoms with Crippen LogP contribution in [0.4, 0.5) is 0 Å². The number of carbonyl (C=O) groups is 2. The van der Waals surface area contributed by atoms with Gasteiger partial charge in [0.25, 0.3) is 0 Å². The molecule has 73 heavy (non-hydrogen) atoms. The van der Waals surface area contributed by atoms with Crippen molar-refractivity contribution < 1.29 is 24.5 Å². The van der Waals surface area contributed by atoms with Crippen LogP contribution in [0.5, 0.6) is 0 Å². The lowest BCUT2D eigenvalue weighted by Gasteiger charge is -2.20. The Morgan fingerprint density at radius 1 is 0.370 bits per heavy atom. The fourth-order valence-corrected chi connectivity index (χ4v) is 10.1. The van der Waals surface area contributed by atoms with Gasteiger partial charge in [-0.05, 0) is 83.5 Å². The molecule has 0 aliphatic heterocycles. The van der Waals surface area contributed by atoms with E-state index in [1.807, 2.05) is 6.08 Å². The number of hydrogen-bond acceptors (Lipinski definition) is 5. The normalized spacial score (nSPS) is 12.8. The summed E-state index contributed by atoms with van der Waals surface area (Å²) in [6.45, 7) is 4.91. The highest BCUT2D eigenvalue weighted by Gasteiger charge is 2.18. The summed E-state index contributed by atoms with van der Waals surface area (Å²) in [5.41, 5.74) is 0. The second-order valence-electron chi connectivity index (χ2n) is 22.4. The van der Waals surface area contributed by atoms with Crippen molar-refractivity contribution in [2.45, 2.75) is 366 Å². The first-order chi connectivity index (χ1) is 36.0. The fourth-order valence-electron chi connectivity index (χ4n) is 10.1. The van der Waals surface area contributed by atoms with Crippen LogP contribution in [0.2, 0.25) is 0 Å². The summed E-state index contributed by atoms with van der Waals surface area (Å²) in [7, 11) is 0. The Kier molecular flexibility index (Phi) is 61.0. The zero-order chi connectivity index (χ0) is 52.9. The smallest absolute Gasteiger partial charge is 0.305 e. The number of aliphatic hydroxyl groups excluding tert-OH is 2. The molecule has 6 heteroatoms. The van der Waals surface area contributed by atoms with Crippen molar-refractivity contribution in [3.8, 4) is 0 Å². The molecule has 430 valence electrons. The van der Waals surface area contributed by atoms with Crippen LogP contribution in [0.3, 0.4) is 0 Å². The standard InChI is InChI=1S/C67H127NO5/c1-3-5-7-9-11-13-15-17-18-19-27-31-34-37-41-45-49-53-57-61-67(72)73-62-58-54-50-46-42-38-35-32-29-26-24-22-20-21-23-25-28-30-33-36-40-44-48-52-56-60-66(71)68-64(63-69)65(70)59-55-51-47-43-39-16-14-12-10-8-6-4-2/h17-18,21,23,55,59,64-65,69-70H,3-16,19-20,22,24-54,56-58,60-63H2,1-2H3,(H,68,71)/b18-17-,23-21-,59-55+. The van der Waals surface area contributed by atoms with Gasteiger partial charge in [-0.3, -0.25) is 9.59 Å². The predicted molar refractivity (Wildman–Crippen MR) is 319 cm³/mol. The molecule has 0 radical (unpaired) electrons. The lowest BCUT2D eigenvalue weighted by Crippen LogP contribution is -2.45. The van der Waals surface area contributed by atoms with Crippen molar-refractivity contribution >= 4 is 11.9 Å². The van der Waals surface area contributed by atoms with Gasteiger partial charge >= 0.3 is 5.97 Å². The lowest BCUT2D eigenvalue weighted by atomic mass is 10.0. The number of unbranched alkanes of at least 4 members (excludes halogenated alkanes) is 46. The maximum atomic E-state index is 12.4. The van der Waals surface area contributed by atoms with Crippen molar-refractivity contribution in [3.63, 3.8) is 0 Å². The fraction of sp³-hybridized carbons (Fsp3) is 0.881. The Balaban J connectivity index is 3.38. The van der Waals surface area contributed by atoms with E-state index in [0.717, 1.165) is 44.9 Å². The molecule has 0 rings (SSSR count). The van der Waals surface area contributed by atoms with E-state index in [4.69, 9.17) is 4.74 Å². The Hall–Kier alpha value is -1.92. The molecule has 0 aromatic carbocycles. The maximum absolute atomic E-state index is 12.4. The monoisotopic (exact) mass is 1030 g/mol. The van der Waals surface area contributed by atoms with Crippen LogP contribution >= 0.6 is 0 Å². The third kappa shape index (κ3) is 59.2. The van der Waals surface area contributed by atoms with Crippen molar-refractivity contribution in [2.75, 3.05) is 13.2 Å². The van der Waals surface area contributed by atoms with E-state index >= 15 is 0 Å². The van der Waals surface area contributed by atoms with Crippen molar-refractivity contribution in [3.05, 3.63) is 36.5 Å². The summed E-state index contributed by atoms with van der Waals surface area (Å²) in [6, 6.07) is -0.629. The van der Waals surface area contributed by atoms with E-state index in [1.165, 1.54) is 283 Å². The van der Waals surface area contributed by atoms with Crippen LogP contribution in [0, 0.1) is 0 Å². The zero-order valence-corrected chi connectivity index (χ0v) is 49.1. The van der Waals surface area contributed by atoms with Crippen LogP contribution in [0.1, 0.15) is 354 Å². The largest absolute Gasteiger partial charge is 0.466 e. The number of ether oxygens (including phenoxy) is 1. The molecular weight excluding hydrogens is 899 g/mol. The number of esters is 1. The molecule has 2 atom stereocenters. The highest BCUT2D eigenvalue weighted by Crippen LogP contribution is 2.17. The number of amides is 1. The number of allylic oxidation sites excluding steroid dienone is 5. The van der Waals surface area contributed by atoms with Gasteiger partial charge in [-0.2, -0.15) is 0 Å². The number of hydrogen-bond donors (Lipinski definition) is 3. The van der Waals surface area contributed by atoms with E-state index in [-0.39, 0.29) is 18.5 Å². The van der Waals surface area contributed by atoms with Gasteiger partial charge in [-0.1, -0.05) is 294 Å². The molecule has 0 heterocycles. The molecule has 0 saturated carbocycles. The first kappa shape index (κ1) is 71.1. The first-order valence-electron chi connectivity index (χ1n) is 32.8. The van der Waals surface area contributed by atoms with Gasteiger partial charge < -0.3 is 20.3 Å². The van der Waals surface area contributed by atoms with E-state index in [9.17, 15) is 19.8 Å². The SMILES string of the molecule is CCCCCCCC/C=C\CCCCCCCCCCCC(=O)OCCCCCCCCCCCCCC/C=C\CCCCCCCCCCCC(=O)NC(CO)C(O)/C=C/CCCCCCCCCCCC. The lowest BCUT2D eigenvalue weighted by molar-refractivity contribution is -0.143. The minimum Gasteiger partial charge on any atom is -0.466 e. The third-order valence-corrected chi connectivity index (χ3v) is 15.1. The molecule has 0 aromatic heterocycles. The molecular formula is C67H127NO5. The minimum atomic E-state index is -0.845. The molecule has 0 aliphatic carbocycles. The number of carbonyl (C=O) groups excluding carboxylic acids is 2. The molecule has 2 unspecified atom stereocenters. The number of aliphatic hydroxyl groups is 2. The summed E-state index contributed by atoms with van der Waals surface area (Å²) in [5, 5.41) is 23.1. The van der Waals surface area contributed by atoms with Gasteiger partial charge in [0.15, 0.2) is 0 Å². The minimum absolute atomic E-state index is 0.0127. The topological polar surface area (TPSA) is 95.9 Å². The zero-order valence-electron chi connectivity index (χ0n) is 49.1. The van der Waals surface area contributed by atoms with Gasteiger partial charge in [0.05, 0.1) is 25.4 Å². The second-order valence-corrected chi connectivity index (χ2v) is 22.4. The summed E-state index contributed by atoms with van der Waals surface area (Å²) >= 11 is 0. The number of rotatable bonds is 61. The molecule has 0 aliphatic rings. The summed E-state index contributed by atoms with van der Waals surface area (Å²) < 4.78 is 5.50. The van der Waals surface area contributed by atoms with E-state index < -0.39 is 12.1 Å². The predicted octanol–water partition coefficient (Wildman–Crippen LogP) is 20.8. The van der Waals surface area contributed by atoms with Crippen LogP contribution in [-0.4, -0.2) is 47.4 Å². The maximum Gasteiger partial charge on any atom is 0.305 e. The first-order valence-corrected chi connectivity index (χ1v) is 32.8. The Morgan fingerprint density at radius 2 is 0.644 bits per heavy atom. The molecule has 0 aromatic rings. The van der Waals surface area contributed by atoms with Gasteiger partial charge in [0.1, 0.15) is 0 Å². The summed E-state index contributed by atoms with van der Waals surface area (Å²) in [6.07, 6.45) is 79.2. The van der Waals surface area contributed by atoms with Gasteiger partial charge in [-0.15, -0.1) is 0 Å². The van der Waals surface area contributed by atoms with Crippen molar-refractivity contribution in [1.29, 1.82) is 0 Å². The second kappa shape index (κ2) is 62.6. The van der Waals surface area contributed by atoms with Crippen LogP contribution in [0.15, 0.2) is 36.5 Å². The van der Waals surface area contributed by atoms with Crippen molar-refractivity contribution in [2.24, 2.45) is 0 Å². The Labute approximate surface area is 455 Å². The molecule has 0 bridgehead atoms. The van der Waals surface area contributed by atoms with Crippen molar-refractivity contribution in [1.82, 2.24) is 5.32 Å². The van der Waals surface area contributed by atoms with Gasteiger partial charge in [-0.25, -0.2) is 0 Å². The molecule has 0 spiro atoms. The van der Waals surface area contributed by atoms with Gasteiger partial charge in [0, 0.05) is 12.8 Å². The Morgan fingerprint density at radius 3 is 0.973 bits per heavy atom. The molecule has 1 amide bonds. The molecule has 0 fully saturated rings. The van der Waals surface area contributed by atoms with E-state index in [2.05, 4.69) is 43.5 Å². The Bertz CT molecular complexity index is 1180. The van der Waals surface area contributed by atoms with Crippen LogP contribution < -0.4 is 5.32 Å². The third-order valence-electron chi connectivity index (χ3n) is 15.1. The molecule has 6 nitrogen and oxygen atoms in total. The average molecular weight is 1030 g/mol. The quantitative estimate of drug-likeness (QED) is 0.0320. The van der Waals surface area contributed by atoms with Crippen LogP contribution in [-0.2, 0) is 14.3 Å².